The lowest BCUT2D eigenvalue weighted by Crippen LogP contribution is -2.19. The Morgan fingerprint density at radius 2 is 2.12 bits per heavy atom. The summed E-state index contributed by atoms with van der Waals surface area (Å²) in [6.45, 7) is 5.10. The van der Waals surface area contributed by atoms with Gasteiger partial charge in [0.1, 0.15) is 5.82 Å². The SMILES string of the molecule is Cc1cnc(C)c(NCC2(C3CC3)CC2)n1. The smallest absolute Gasteiger partial charge is 0.147 e. The molecule has 1 N–H and O–H groups in total. The first kappa shape index (κ1) is 10.1. The van der Waals surface area contributed by atoms with Crippen LogP contribution in [0.4, 0.5) is 5.82 Å². The zero-order chi connectivity index (χ0) is 11.2. The van der Waals surface area contributed by atoms with Gasteiger partial charge in [0.05, 0.1) is 11.4 Å². The maximum absolute atomic E-state index is 4.51. The summed E-state index contributed by atoms with van der Waals surface area (Å²) < 4.78 is 0. The predicted octanol–water partition coefficient (Wildman–Crippen LogP) is 2.70. The second-order valence-corrected chi connectivity index (χ2v) is 5.44. The Bertz CT molecular complexity index is 406. The molecule has 0 amide bonds. The fourth-order valence-electron chi connectivity index (χ4n) is 2.55. The average Bonchev–Trinajstić information content (AvgIpc) is 3.13. The van der Waals surface area contributed by atoms with Crippen LogP contribution < -0.4 is 5.32 Å². The highest BCUT2D eigenvalue weighted by atomic mass is 15.0. The van der Waals surface area contributed by atoms with Crippen molar-refractivity contribution in [2.75, 3.05) is 11.9 Å². The van der Waals surface area contributed by atoms with Crippen molar-refractivity contribution in [1.82, 2.24) is 9.97 Å². The minimum atomic E-state index is 0.623. The van der Waals surface area contributed by atoms with Gasteiger partial charge in [-0.15, -0.1) is 0 Å². The van der Waals surface area contributed by atoms with Crippen LogP contribution in [0.5, 0.6) is 0 Å². The summed E-state index contributed by atoms with van der Waals surface area (Å²) in [6, 6.07) is 0. The van der Waals surface area contributed by atoms with E-state index < -0.39 is 0 Å². The molecule has 86 valence electrons. The topological polar surface area (TPSA) is 37.8 Å². The molecule has 16 heavy (non-hydrogen) atoms. The maximum Gasteiger partial charge on any atom is 0.147 e. The fraction of sp³-hybridized carbons (Fsp3) is 0.692. The number of nitrogens with one attached hydrogen (secondary N) is 1. The van der Waals surface area contributed by atoms with Gasteiger partial charge >= 0.3 is 0 Å². The Balaban J connectivity index is 1.67. The van der Waals surface area contributed by atoms with Crippen molar-refractivity contribution in [2.24, 2.45) is 11.3 Å². The van der Waals surface area contributed by atoms with Gasteiger partial charge in [0.15, 0.2) is 0 Å². The second-order valence-electron chi connectivity index (χ2n) is 5.44. The van der Waals surface area contributed by atoms with E-state index >= 15 is 0 Å². The van der Waals surface area contributed by atoms with Gasteiger partial charge in [0.2, 0.25) is 0 Å². The van der Waals surface area contributed by atoms with Crippen LogP contribution in [0.1, 0.15) is 37.1 Å². The van der Waals surface area contributed by atoms with Crippen LogP contribution in [0.15, 0.2) is 6.20 Å². The fourth-order valence-corrected chi connectivity index (χ4v) is 2.55. The summed E-state index contributed by atoms with van der Waals surface area (Å²) in [5, 5.41) is 3.50. The largest absolute Gasteiger partial charge is 0.368 e. The van der Waals surface area contributed by atoms with Gasteiger partial charge in [0, 0.05) is 12.7 Å². The molecule has 0 aliphatic heterocycles. The number of hydrogen-bond acceptors (Lipinski definition) is 3. The van der Waals surface area contributed by atoms with Crippen molar-refractivity contribution in [3.05, 3.63) is 17.6 Å². The molecule has 0 spiro atoms. The monoisotopic (exact) mass is 217 g/mol. The third kappa shape index (κ3) is 1.79. The van der Waals surface area contributed by atoms with Crippen LogP contribution in [-0.4, -0.2) is 16.5 Å². The Kier molecular flexibility index (Phi) is 2.16. The van der Waals surface area contributed by atoms with Crippen LogP contribution in [0.3, 0.4) is 0 Å². The van der Waals surface area contributed by atoms with Gasteiger partial charge < -0.3 is 5.32 Å². The Labute approximate surface area is 96.7 Å². The van der Waals surface area contributed by atoms with Gasteiger partial charge in [-0.25, -0.2) is 4.98 Å². The minimum absolute atomic E-state index is 0.623. The van der Waals surface area contributed by atoms with Crippen molar-refractivity contribution >= 4 is 5.82 Å². The van der Waals surface area contributed by atoms with E-state index in [4.69, 9.17) is 0 Å². The second kappa shape index (κ2) is 3.44. The lowest BCUT2D eigenvalue weighted by molar-refractivity contribution is 0.466. The first-order valence-corrected chi connectivity index (χ1v) is 6.24. The molecular formula is C13H19N3. The van der Waals surface area contributed by atoms with Crippen LogP contribution in [0.25, 0.3) is 0 Å². The van der Waals surface area contributed by atoms with E-state index in [0.29, 0.717) is 5.41 Å². The third-order valence-corrected chi connectivity index (χ3v) is 4.02. The van der Waals surface area contributed by atoms with E-state index in [0.717, 1.165) is 29.7 Å². The molecule has 0 bridgehead atoms. The van der Waals surface area contributed by atoms with Crippen molar-refractivity contribution in [3.63, 3.8) is 0 Å². The Morgan fingerprint density at radius 3 is 2.75 bits per heavy atom. The van der Waals surface area contributed by atoms with E-state index in [1.807, 2.05) is 20.0 Å². The Morgan fingerprint density at radius 1 is 1.38 bits per heavy atom. The van der Waals surface area contributed by atoms with Gasteiger partial charge in [-0.1, -0.05) is 0 Å². The van der Waals surface area contributed by atoms with Gasteiger partial charge in [-0.2, -0.15) is 0 Å². The molecule has 2 fully saturated rings. The van der Waals surface area contributed by atoms with Crippen molar-refractivity contribution in [2.45, 2.75) is 39.5 Å². The number of aromatic nitrogens is 2. The molecule has 2 saturated carbocycles. The number of rotatable bonds is 4. The van der Waals surface area contributed by atoms with Gasteiger partial charge in [-0.05, 0) is 50.9 Å². The van der Waals surface area contributed by atoms with Crippen molar-refractivity contribution < 1.29 is 0 Å². The highest BCUT2D eigenvalue weighted by Crippen LogP contribution is 2.61. The van der Waals surface area contributed by atoms with Crippen LogP contribution >= 0.6 is 0 Å². The van der Waals surface area contributed by atoms with E-state index in [1.54, 1.807) is 0 Å². The van der Waals surface area contributed by atoms with Crippen LogP contribution in [0, 0.1) is 25.2 Å². The standard InChI is InChI=1S/C13H19N3/c1-9-7-14-10(2)12(16-9)15-8-13(5-6-13)11-3-4-11/h7,11H,3-6,8H2,1-2H3,(H,15,16). The molecule has 2 aliphatic carbocycles. The molecule has 1 heterocycles. The Hall–Kier alpha value is -1.12. The summed E-state index contributed by atoms with van der Waals surface area (Å²) in [6.07, 6.45) is 7.53. The average molecular weight is 217 g/mol. The van der Waals surface area contributed by atoms with Gasteiger partial charge in [0.25, 0.3) is 0 Å². The quantitative estimate of drug-likeness (QED) is 0.842. The van der Waals surface area contributed by atoms with E-state index in [-0.39, 0.29) is 0 Å². The molecule has 3 rings (SSSR count). The van der Waals surface area contributed by atoms with E-state index in [1.165, 1.54) is 25.7 Å². The number of anilines is 1. The molecule has 2 aliphatic rings. The lowest BCUT2D eigenvalue weighted by Gasteiger charge is -2.16. The first-order chi connectivity index (χ1) is 7.70. The van der Waals surface area contributed by atoms with Crippen LogP contribution in [0.2, 0.25) is 0 Å². The summed E-state index contributed by atoms with van der Waals surface area (Å²) in [5.74, 6) is 1.98. The van der Waals surface area contributed by atoms with Crippen LogP contribution in [-0.2, 0) is 0 Å². The molecule has 0 radical (unpaired) electrons. The van der Waals surface area contributed by atoms with Gasteiger partial charge in [-0.3, -0.25) is 4.98 Å². The highest BCUT2D eigenvalue weighted by molar-refractivity contribution is 5.40. The molecule has 3 heteroatoms. The summed E-state index contributed by atoms with van der Waals surface area (Å²) in [4.78, 5) is 8.84. The zero-order valence-electron chi connectivity index (χ0n) is 10.1. The number of hydrogen-bond donors (Lipinski definition) is 1. The molecule has 3 nitrogen and oxygen atoms in total. The molecule has 1 aromatic rings. The molecule has 0 aromatic carbocycles. The molecule has 0 unspecified atom stereocenters. The third-order valence-electron chi connectivity index (χ3n) is 4.02. The minimum Gasteiger partial charge on any atom is -0.368 e. The first-order valence-electron chi connectivity index (χ1n) is 6.24. The molecule has 0 atom stereocenters. The highest BCUT2D eigenvalue weighted by Gasteiger charge is 2.53. The zero-order valence-corrected chi connectivity index (χ0v) is 10.1. The predicted molar refractivity (Wildman–Crippen MR) is 64.4 cm³/mol. The summed E-state index contributed by atoms with van der Waals surface area (Å²) >= 11 is 0. The number of nitrogens with zero attached hydrogens (tertiary/aromatic N) is 2. The normalized spacial score (nSPS) is 21.9. The molecule has 1 aromatic heterocycles. The van der Waals surface area contributed by atoms with E-state index in [2.05, 4.69) is 15.3 Å². The molecule has 0 saturated heterocycles. The van der Waals surface area contributed by atoms with Crippen molar-refractivity contribution in [3.8, 4) is 0 Å². The number of aryl methyl sites for hydroxylation is 2. The van der Waals surface area contributed by atoms with Crippen molar-refractivity contribution in [1.29, 1.82) is 0 Å². The lowest BCUT2D eigenvalue weighted by atomic mass is 10.0. The molecular weight excluding hydrogens is 198 g/mol. The summed E-state index contributed by atoms with van der Waals surface area (Å²) in [5.41, 5.74) is 2.62. The summed E-state index contributed by atoms with van der Waals surface area (Å²) in [7, 11) is 0. The van der Waals surface area contributed by atoms with E-state index in [9.17, 15) is 0 Å². The maximum atomic E-state index is 4.51.